The minimum Gasteiger partial charge on any atom is -0.461 e. The number of halogens is 2. The molecule has 1 aromatic heterocycles. The van der Waals surface area contributed by atoms with E-state index in [1.165, 1.54) is 18.4 Å². The van der Waals surface area contributed by atoms with Crippen LogP contribution in [0.4, 0.5) is 18.8 Å². The number of rotatable bonds is 9. The summed E-state index contributed by atoms with van der Waals surface area (Å²) in [6.07, 6.45) is 2.01. The molecule has 2 fully saturated rings. The van der Waals surface area contributed by atoms with Crippen LogP contribution in [0.1, 0.15) is 62.2 Å². The van der Waals surface area contributed by atoms with E-state index >= 15 is 0 Å². The minimum absolute atomic E-state index is 0.0449. The van der Waals surface area contributed by atoms with Gasteiger partial charge in [0.05, 0.1) is 29.8 Å². The van der Waals surface area contributed by atoms with Crippen LogP contribution in [0.5, 0.6) is 0 Å². The second-order valence-corrected chi connectivity index (χ2v) is 10.7. The molecule has 5 N–H and O–H groups in total. The van der Waals surface area contributed by atoms with Crippen LogP contribution >= 0.6 is 11.3 Å². The number of amides is 1. The number of fused-ring (bicyclic) bond motifs is 1. The van der Waals surface area contributed by atoms with Crippen LogP contribution in [0.15, 0.2) is 16.3 Å². The van der Waals surface area contributed by atoms with Gasteiger partial charge in [-0.2, -0.15) is 5.10 Å². The van der Waals surface area contributed by atoms with Gasteiger partial charge in [-0.25, -0.2) is 8.78 Å². The summed E-state index contributed by atoms with van der Waals surface area (Å²) in [6.45, 7) is 1.91. The molecule has 3 aliphatic rings. The third-order valence-corrected chi connectivity index (χ3v) is 8.42. The van der Waals surface area contributed by atoms with Gasteiger partial charge < -0.3 is 26.4 Å². The first-order valence-electron chi connectivity index (χ1n) is 12.6. The standard InChI is InChI=1S/C24H34F2N6O4S/c1-3-12-8-16(31-35-2)20-17(9-12)32(30-21(20)22(25)26)18-10-15(23(28)34)24(37-18)29-13-4-6-14(7-5-13)36-19(33)11-27/h10,12-14,17,20,22,29H,3-9,11,27H2,1-2H3,(H2,28,34)/b31-16+. The Labute approximate surface area is 218 Å². The fraction of sp³-hybridized carbons (Fsp3) is 0.667. The number of primary amides is 1. The number of alkyl halides is 2. The first kappa shape index (κ1) is 27.2. The smallest absolute Gasteiger partial charge is 0.319 e. The van der Waals surface area contributed by atoms with E-state index in [0.717, 1.165) is 19.3 Å². The van der Waals surface area contributed by atoms with Crippen molar-refractivity contribution in [2.24, 2.45) is 33.6 Å². The first-order chi connectivity index (χ1) is 17.7. The quantitative estimate of drug-likeness (QED) is 0.322. The zero-order chi connectivity index (χ0) is 26.7. The number of hydrazone groups is 1. The lowest BCUT2D eigenvalue weighted by Crippen LogP contribution is -2.45. The molecule has 1 amide bonds. The van der Waals surface area contributed by atoms with Crippen molar-refractivity contribution in [3.05, 3.63) is 11.6 Å². The molecule has 204 valence electrons. The fourth-order valence-corrected chi connectivity index (χ4v) is 6.67. The number of esters is 1. The molecule has 13 heteroatoms. The van der Waals surface area contributed by atoms with Gasteiger partial charge in [0.15, 0.2) is 0 Å². The number of nitrogens with zero attached hydrogens (tertiary/aromatic N) is 3. The molecule has 0 bridgehead atoms. The highest BCUT2D eigenvalue weighted by atomic mass is 32.1. The number of hydrogen-bond donors (Lipinski definition) is 3. The Bertz CT molecular complexity index is 1060. The maximum atomic E-state index is 14.1. The highest BCUT2D eigenvalue weighted by Crippen LogP contribution is 2.45. The number of nitrogens with two attached hydrogens (primary N) is 2. The average molecular weight is 541 g/mol. The van der Waals surface area contributed by atoms with Crippen molar-refractivity contribution in [1.82, 2.24) is 0 Å². The van der Waals surface area contributed by atoms with E-state index in [-0.39, 0.29) is 36.4 Å². The van der Waals surface area contributed by atoms with E-state index in [0.29, 0.717) is 47.0 Å². The van der Waals surface area contributed by atoms with Gasteiger partial charge in [0.1, 0.15) is 28.9 Å². The van der Waals surface area contributed by atoms with Crippen molar-refractivity contribution in [3.8, 4) is 0 Å². The number of carbonyl (C=O) groups excluding carboxylic acids is 2. The zero-order valence-corrected chi connectivity index (χ0v) is 21.8. The Hall–Kier alpha value is -2.80. The van der Waals surface area contributed by atoms with Gasteiger partial charge in [0.25, 0.3) is 12.3 Å². The molecular weight excluding hydrogens is 506 g/mol. The second kappa shape index (κ2) is 11.7. The number of nitrogens with one attached hydrogen (secondary N) is 1. The molecule has 3 atom stereocenters. The van der Waals surface area contributed by atoms with Gasteiger partial charge >= 0.3 is 5.97 Å². The van der Waals surface area contributed by atoms with E-state index < -0.39 is 24.2 Å². The number of hydrogen-bond acceptors (Lipinski definition) is 10. The lowest BCUT2D eigenvalue weighted by Gasteiger charge is -2.35. The topological polar surface area (TPSA) is 145 Å². The molecule has 2 saturated carbocycles. The number of ether oxygens (including phenoxy) is 1. The molecule has 0 saturated heterocycles. The summed E-state index contributed by atoms with van der Waals surface area (Å²) in [7, 11) is 1.41. The van der Waals surface area contributed by atoms with Crippen LogP contribution in [-0.4, -0.2) is 61.6 Å². The first-order valence-corrected chi connectivity index (χ1v) is 13.4. The SMILES string of the molecule is CCC1C/C(=N\OC)C2C(C(F)F)=NN(c3cc(C(N)=O)c(NC4CCC(OC(=O)CN)CC4)s3)C2C1. The molecule has 2 heterocycles. The number of anilines is 2. The molecule has 2 aliphatic carbocycles. The molecule has 4 rings (SSSR count). The fourth-order valence-electron chi connectivity index (χ4n) is 5.52. The second-order valence-electron chi connectivity index (χ2n) is 9.70. The summed E-state index contributed by atoms with van der Waals surface area (Å²) in [4.78, 5) is 28.8. The van der Waals surface area contributed by atoms with Crippen molar-refractivity contribution in [1.29, 1.82) is 0 Å². The Morgan fingerprint density at radius 3 is 2.65 bits per heavy atom. The molecule has 37 heavy (non-hydrogen) atoms. The average Bonchev–Trinajstić information content (AvgIpc) is 3.47. The van der Waals surface area contributed by atoms with E-state index in [2.05, 4.69) is 22.5 Å². The summed E-state index contributed by atoms with van der Waals surface area (Å²) in [5.74, 6) is -1.43. The maximum Gasteiger partial charge on any atom is 0.319 e. The van der Waals surface area contributed by atoms with E-state index in [1.54, 1.807) is 11.1 Å². The van der Waals surface area contributed by atoms with Crippen molar-refractivity contribution < 1.29 is 27.9 Å². The van der Waals surface area contributed by atoms with Crippen molar-refractivity contribution in [3.63, 3.8) is 0 Å². The van der Waals surface area contributed by atoms with Gasteiger partial charge in [-0.3, -0.25) is 14.6 Å². The van der Waals surface area contributed by atoms with Gasteiger partial charge in [0.2, 0.25) is 0 Å². The summed E-state index contributed by atoms with van der Waals surface area (Å²) in [5, 5.41) is 14.6. The number of carbonyl (C=O) groups is 2. The summed E-state index contributed by atoms with van der Waals surface area (Å²) in [6, 6.07) is 1.32. The summed E-state index contributed by atoms with van der Waals surface area (Å²) < 4.78 is 33.5. The van der Waals surface area contributed by atoms with Crippen molar-refractivity contribution >= 4 is 44.6 Å². The van der Waals surface area contributed by atoms with Crippen molar-refractivity contribution in [2.45, 2.75) is 76.5 Å². The lowest BCUT2D eigenvalue weighted by atomic mass is 9.74. The molecular formula is C24H34F2N6O4S. The largest absolute Gasteiger partial charge is 0.461 e. The molecule has 0 aromatic carbocycles. The van der Waals surface area contributed by atoms with Crippen LogP contribution in [0, 0.1) is 11.8 Å². The Morgan fingerprint density at radius 2 is 2.05 bits per heavy atom. The normalized spacial score (nSPS) is 28.7. The number of thiophene rings is 1. The molecule has 1 aromatic rings. The molecule has 10 nitrogen and oxygen atoms in total. The Morgan fingerprint density at radius 1 is 1.32 bits per heavy atom. The number of oxime groups is 1. The summed E-state index contributed by atoms with van der Waals surface area (Å²) in [5.41, 5.74) is 11.6. The van der Waals surface area contributed by atoms with Crippen LogP contribution < -0.4 is 21.8 Å². The summed E-state index contributed by atoms with van der Waals surface area (Å²) >= 11 is 1.28. The molecule has 3 unspecified atom stereocenters. The zero-order valence-electron chi connectivity index (χ0n) is 21.0. The van der Waals surface area contributed by atoms with Gasteiger partial charge in [-0.05, 0) is 50.5 Å². The Balaban J connectivity index is 1.57. The highest BCUT2D eigenvalue weighted by molar-refractivity contribution is 7.20. The Kier molecular flexibility index (Phi) is 8.63. The predicted molar refractivity (Wildman–Crippen MR) is 138 cm³/mol. The predicted octanol–water partition coefficient (Wildman–Crippen LogP) is 3.32. The van der Waals surface area contributed by atoms with Gasteiger partial charge in [0, 0.05) is 6.04 Å². The van der Waals surface area contributed by atoms with Crippen LogP contribution in [-0.2, 0) is 14.4 Å². The molecule has 0 spiro atoms. The van der Waals surface area contributed by atoms with Gasteiger partial charge in [-0.1, -0.05) is 29.8 Å². The van der Waals surface area contributed by atoms with E-state index in [1.807, 2.05) is 0 Å². The van der Waals surface area contributed by atoms with Crippen LogP contribution in [0.3, 0.4) is 0 Å². The maximum absolute atomic E-state index is 14.1. The third-order valence-electron chi connectivity index (χ3n) is 7.37. The van der Waals surface area contributed by atoms with Gasteiger partial charge in [-0.15, -0.1) is 0 Å². The third kappa shape index (κ3) is 5.87. The van der Waals surface area contributed by atoms with E-state index in [4.69, 9.17) is 21.0 Å². The van der Waals surface area contributed by atoms with Crippen molar-refractivity contribution in [2.75, 3.05) is 24.0 Å². The monoisotopic (exact) mass is 540 g/mol. The van der Waals surface area contributed by atoms with Crippen LogP contribution in [0.25, 0.3) is 0 Å². The lowest BCUT2D eigenvalue weighted by molar-refractivity contribution is -0.148. The molecule has 0 radical (unpaired) electrons. The van der Waals surface area contributed by atoms with Crippen LogP contribution in [0.2, 0.25) is 0 Å². The van der Waals surface area contributed by atoms with E-state index in [9.17, 15) is 18.4 Å². The highest BCUT2D eigenvalue weighted by Gasteiger charge is 2.49. The molecule has 1 aliphatic heterocycles. The minimum atomic E-state index is -2.74.